The molecule has 1 unspecified atom stereocenters. The van der Waals surface area contributed by atoms with Crippen LogP contribution in [0.1, 0.15) is 69.1 Å². The quantitative estimate of drug-likeness (QED) is 0.358. The summed E-state index contributed by atoms with van der Waals surface area (Å²) in [5.74, 6) is 3.85. The molecule has 2 aromatic carbocycles. The highest BCUT2D eigenvalue weighted by molar-refractivity contribution is 5.81. The standard InChI is InChI=1S/C29H36O4/c1-19(10-21-4-7-26(30)8-5-21)25-6-9-28(33-18-32-20(2)31-3)27(14-25)29-15-22-11-23(16-29)13-24(12-22)17-29/h4-10,14,20,22-24,30H,11-13,15-18H2,1-3H3. The van der Waals surface area contributed by atoms with Gasteiger partial charge in [0.05, 0.1) is 0 Å². The number of rotatable bonds is 8. The van der Waals surface area contributed by atoms with Gasteiger partial charge in [-0.1, -0.05) is 24.3 Å². The first-order valence-electron chi connectivity index (χ1n) is 12.3. The summed E-state index contributed by atoms with van der Waals surface area (Å²) in [5, 5.41) is 9.59. The molecule has 176 valence electrons. The van der Waals surface area contributed by atoms with E-state index in [2.05, 4.69) is 31.2 Å². The van der Waals surface area contributed by atoms with E-state index in [0.29, 0.717) is 5.75 Å². The molecule has 4 fully saturated rings. The van der Waals surface area contributed by atoms with Crippen molar-refractivity contribution < 1.29 is 19.3 Å². The Balaban J connectivity index is 1.48. The van der Waals surface area contributed by atoms with Crippen LogP contribution in [0.25, 0.3) is 11.6 Å². The first kappa shape index (κ1) is 22.5. The van der Waals surface area contributed by atoms with Gasteiger partial charge in [0.1, 0.15) is 11.5 Å². The number of phenols is 1. The number of allylic oxidation sites excluding steroid dienone is 1. The Morgan fingerprint density at radius 1 is 1.03 bits per heavy atom. The van der Waals surface area contributed by atoms with E-state index in [1.807, 2.05) is 19.1 Å². The molecular formula is C29H36O4. The van der Waals surface area contributed by atoms with Gasteiger partial charge in [-0.05, 0) is 117 Å². The number of benzene rings is 2. The normalized spacial score (nSPS) is 29.3. The van der Waals surface area contributed by atoms with Crippen LogP contribution >= 0.6 is 0 Å². The van der Waals surface area contributed by atoms with Crippen LogP contribution in [0.3, 0.4) is 0 Å². The SMILES string of the molecule is COC(C)OCOc1ccc(C(C)=Cc2ccc(O)cc2)cc1C12CC3CC(CC(C3)C1)C2. The van der Waals surface area contributed by atoms with Crippen molar-refractivity contribution in [3.8, 4) is 11.5 Å². The number of methoxy groups -OCH3 is 1. The zero-order valence-corrected chi connectivity index (χ0v) is 20.0. The maximum absolute atomic E-state index is 9.59. The number of ether oxygens (including phenoxy) is 3. The van der Waals surface area contributed by atoms with Crippen molar-refractivity contribution in [1.82, 2.24) is 0 Å². The lowest BCUT2D eigenvalue weighted by atomic mass is 9.48. The summed E-state index contributed by atoms with van der Waals surface area (Å²) >= 11 is 0. The van der Waals surface area contributed by atoms with Crippen molar-refractivity contribution in [2.45, 2.75) is 64.1 Å². The van der Waals surface area contributed by atoms with E-state index in [9.17, 15) is 5.11 Å². The topological polar surface area (TPSA) is 47.9 Å². The number of hydrogen-bond acceptors (Lipinski definition) is 4. The molecule has 0 heterocycles. The van der Waals surface area contributed by atoms with E-state index in [1.165, 1.54) is 55.2 Å². The monoisotopic (exact) mass is 448 g/mol. The summed E-state index contributed by atoms with van der Waals surface area (Å²) in [7, 11) is 1.64. The zero-order chi connectivity index (χ0) is 23.0. The van der Waals surface area contributed by atoms with E-state index in [0.717, 1.165) is 29.1 Å². The van der Waals surface area contributed by atoms with E-state index >= 15 is 0 Å². The van der Waals surface area contributed by atoms with Crippen LogP contribution in [0.2, 0.25) is 0 Å². The predicted molar refractivity (Wildman–Crippen MR) is 131 cm³/mol. The van der Waals surface area contributed by atoms with Crippen molar-refractivity contribution in [3.05, 3.63) is 59.2 Å². The zero-order valence-electron chi connectivity index (χ0n) is 20.0. The summed E-state index contributed by atoms with van der Waals surface area (Å²) < 4.78 is 17.1. The molecule has 4 aliphatic carbocycles. The van der Waals surface area contributed by atoms with Crippen molar-refractivity contribution in [3.63, 3.8) is 0 Å². The lowest BCUT2D eigenvalue weighted by Crippen LogP contribution is -2.48. The summed E-state index contributed by atoms with van der Waals surface area (Å²) in [6, 6.07) is 14.0. The van der Waals surface area contributed by atoms with Crippen LogP contribution in [-0.2, 0) is 14.9 Å². The Labute approximate surface area is 197 Å². The van der Waals surface area contributed by atoms with Gasteiger partial charge in [-0.3, -0.25) is 0 Å². The molecule has 0 spiro atoms. The van der Waals surface area contributed by atoms with Crippen LogP contribution in [0.5, 0.6) is 11.5 Å². The molecule has 4 saturated carbocycles. The number of phenolic OH excluding ortho intramolecular Hbond substituents is 1. The van der Waals surface area contributed by atoms with Gasteiger partial charge in [0.2, 0.25) is 0 Å². The molecule has 0 saturated heterocycles. The lowest BCUT2D eigenvalue weighted by Gasteiger charge is -2.57. The Morgan fingerprint density at radius 3 is 2.27 bits per heavy atom. The Hall–Kier alpha value is -2.30. The minimum Gasteiger partial charge on any atom is -0.508 e. The Morgan fingerprint density at radius 2 is 1.67 bits per heavy atom. The summed E-state index contributed by atoms with van der Waals surface area (Å²) in [4.78, 5) is 0. The molecule has 0 aliphatic heterocycles. The third-order valence-electron chi connectivity index (χ3n) is 8.17. The van der Waals surface area contributed by atoms with Gasteiger partial charge in [0, 0.05) is 12.7 Å². The van der Waals surface area contributed by atoms with Gasteiger partial charge < -0.3 is 19.3 Å². The van der Waals surface area contributed by atoms with Gasteiger partial charge in [-0.25, -0.2) is 0 Å². The minimum absolute atomic E-state index is 0.191. The predicted octanol–water partition coefficient (Wildman–Crippen LogP) is 6.77. The molecule has 1 N–H and O–H groups in total. The summed E-state index contributed by atoms with van der Waals surface area (Å²) in [5.41, 5.74) is 5.12. The van der Waals surface area contributed by atoms with Crippen LogP contribution < -0.4 is 4.74 Å². The molecule has 2 aromatic rings. The fraction of sp³-hybridized carbons (Fsp3) is 0.517. The maximum atomic E-state index is 9.59. The van der Waals surface area contributed by atoms with Gasteiger partial charge >= 0.3 is 0 Å². The largest absolute Gasteiger partial charge is 0.508 e. The molecule has 0 aromatic heterocycles. The first-order chi connectivity index (χ1) is 15.9. The second-order valence-electron chi connectivity index (χ2n) is 10.6. The first-order valence-corrected chi connectivity index (χ1v) is 12.3. The molecule has 6 rings (SSSR count). The highest BCUT2D eigenvalue weighted by Gasteiger charge is 2.52. The van der Waals surface area contributed by atoms with Gasteiger partial charge in [0.15, 0.2) is 13.1 Å². The van der Waals surface area contributed by atoms with Crippen LogP contribution in [-0.4, -0.2) is 25.3 Å². The lowest BCUT2D eigenvalue weighted by molar-refractivity contribution is -0.150. The van der Waals surface area contributed by atoms with Crippen LogP contribution in [0, 0.1) is 17.8 Å². The van der Waals surface area contributed by atoms with Crippen molar-refractivity contribution >= 4 is 11.6 Å². The number of aromatic hydroxyl groups is 1. The number of hydrogen-bond donors (Lipinski definition) is 1. The second-order valence-corrected chi connectivity index (χ2v) is 10.6. The molecule has 4 nitrogen and oxygen atoms in total. The van der Waals surface area contributed by atoms with E-state index in [-0.39, 0.29) is 18.5 Å². The smallest absolute Gasteiger partial charge is 0.191 e. The molecule has 4 bridgehead atoms. The van der Waals surface area contributed by atoms with Gasteiger partial charge in [-0.2, -0.15) is 0 Å². The minimum atomic E-state index is -0.289. The van der Waals surface area contributed by atoms with Gasteiger partial charge in [-0.15, -0.1) is 0 Å². The van der Waals surface area contributed by atoms with Crippen molar-refractivity contribution in [1.29, 1.82) is 0 Å². The molecule has 0 radical (unpaired) electrons. The second kappa shape index (κ2) is 9.15. The molecule has 0 amide bonds. The maximum Gasteiger partial charge on any atom is 0.191 e. The highest BCUT2D eigenvalue weighted by atomic mass is 16.7. The highest BCUT2D eigenvalue weighted by Crippen LogP contribution is 2.62. The molecule has 4 heteroatoms. The molecule has 4 aliphatic rings. The van der Waals surface area contributed by atoms with Crippen LogP contribution in [0.15, 0.2) is 42.5 Å². The third-order valence-corrected chi connectivity index (χ3v) is 8.17. The Kier molecular flexibility index (Phi) is 6.24. The van der Waals surface area contributed by atoms with E-state index < -0.39 is 0 Å². The molecular weight excluding hydrogens is 412 g/mol. The van der Waals surface area contributed by atoms with Gasteiger partial charge in [0.25, 0.3) is 0 Å². The van der Waals surface area contributed by atoms with E-state index in [4.69, 9.17) is 14.2 Å². The van der Waals surface area contributed by atoms with Crippen molar-refractivity contribution in [2.75, 3.05) is 13.9 Å². The third kappa shape index (κ3) is 4.69. The Bertz CT molecular complexity index is 971. The van der Waals surface area contributed by atoms with Crippen LogP contribution in [0.4, 0.5) is 0 Å². The fourth-order valence-corrected chi connectivity index (χ4v) is 6.92. The molecule has 1 atom stereocenters. The average molecular weight is 449 g/mol. The van der Waals surface area contributed by atoms with Crippen molar-refractivity contribution in [2.24, 2.45) is 17.8 Å². The fourth-order valence-electron chi connectivity index (χ4n) is 6.92. The summed E-state index contributed by atoms with van der Waals surface area (Å²) in [6.45, 7) is 4.23. The average Bonchev–Trinajstić information content (AvgIpc) is 2.79. The summed E-state index contributed by atoms with van der Waals surface area (Å²) in [6.07, 6.45) is 10.0. The van der Waals surface area contributed by atoms with E-state index in [1.54, 1.807) is 19.2 Å². The molecule has 33 heavy (non-hydrogen) atoms.